The number of rotatable bonds is 4. The molecule has 2 aromatic rings. The Balaban J connectivity index is 2.19. The van der Waals surface area contributed by atoms with Gasteiger partial charge in [-0.2, -0.15) is 0 Å². The average molecular weight is 273 g/mol. The van der Waals surface area contributed by atoms with Crippen molar-refractivity contribution in [1.82, 2.24) is 9.88 Å². The van der Waals surface area contributed by atoms with Crippen LogP contribution in [0.5, 0.6) is 0 Å². The van der Waals surface area contributed by atoms with E-state index < -0.39 is 0 Å². The molecule has 0 fully saturated rings. The molecule has 0 saturated carbocycles. The van der Waals surface area contributed by atoms with Crippen molar-refractivity contribution in [3.63, 3.8) is 0 Å². The SMILES string of the molecule is CN(CCC(N)=S)C(=O)c1ccc2ncccc2c1. The lowest BCUT2D eigenvalue weighted by Crippen LogP contribution is -2.30. The molecule has 0 aliphatic heterocycles. The molecule has 1 aromatic heterocycles. The maximum atomic E-state index is 12.2. The van der Waals surface area contributed by atoms with Crippen LogP contribution in [0.1, 0.15) is 16.8 Å². The highest BCUT2D eigenvalue weighted by Gasteiger charge is 2.12. The molecule has 1 amide bonds. The zero-order chi connectivity index (χ0) is 13.8. The maximum Gasteiger partial charge on any atom is 0.253 e. The summed E-state index contributed by atoms with van der Waals surface area (Å²) in [5.41, 5.74) is 6.96. The lowest BCUT2D eigenvalue weighted by atomic mass is 10.1. The lowest BCUT2D eigenvalue weighted by molar-refractivity contribution is 0.0799. The molecule has 2 rings (SSSR count). The maximum absolute atomic E-state index is 12.2. The number of aromatic nitrogens is 1. The van der Waals surface area contributed by atoms with Gasteiger partial charge >= 0.3 is 0 Å². The number of thiocarbonyl (C=S) groups is 1. The van der Waals surface area contributed by atoms with E-state index in [2.05, 4.69) is 4.98 Å². The Morgan fingerprint density at radius 3 is 2.95 bits per heavy atom. The minimum atomic E-state index is -0.0398. The van der Waals surface area contributed by atoms with Crippen molar-refractivity contribution in [2.24, 2.45) is 5.73 Å². The Kier molecular flexibility index (Phi) is 4.06. The summed E-state index contributed by atoms with van der Waals surface area (Å²) in [5, 5.41) is 0.955. The Bertz CT molecular complexity index is 627. The first-order chi connectivity index (χ1) is 9.08. The number of hydrogen-bond acceptors (Lipinski definition) is 3. The predicted octanol–water partition coefficient (Wildman–Crippen LogP) is 1.98. The molecule has 0 aliphatic carbocycles. The van der Waals surface area contributed by atoms with Gasteiger partial charge in [-0.3, -0.25) is 9.78 Å². The predicted molar refractivity (Wildman–Crippen MR) is 80.1 cm³/mol. The summed E-state index contributed by atoms with van der Waals surface area (Å²) in [4.78, 5) is 18.5. The fourth-order valence-corrected chi connectivity index (χ4v) is 1.90. The quantitative estimate of drug-likeness (QED) is 0.865. The van der Waals surface area contributed by atoms with Crippen LogP contribution in [0, 0.1) is 0 Å². The van der Waals surface area contributed by atoms with E-state index in [1.165, 1.54) is 0 Å². The Hall–Kier alpha value is -2.01. The van der Waals surface area contributed by atoms with Crippen LogP contribution in [0.2, 0.25) is 0 Å². The number of fused-ring (bicyclic) bond motifs is 1. The fourth-order valence-electron chi connectivity index (χ4n) is 1.81. The monoisotopic (exact) mass is 273 g/mol. The third-order valence-electron chi connectivity index (χ3n) is 2.89. The van der Waals surface area contributed by atoms with E-state index in [4.69, 9.17) is 18.0 Å². The number of carbonyl (C=O) groups is 1. The molecular formula is C14H15N3OS. The van der Waals surface area contributed by atoms with Gasteiger partial charge in [0, 0.05) is 37.2 Å². The van der Waals surface area contributed by atoms with E-state index in [-0.39, 0.29) is 5.91 Å². The molecular weight excluding hydrogens is 258 g/mol. The molecule has 0 bridgehead atoms. The van der Waals surface area contributed by atoms with Crippen LogP contribution in [-0.2, 0) is 0 Å². The summed E-state index contributed by atoms with van der Waals surface area (Å²) in [6, 6.07) is 9.28. The number of nitrogens with zero attached hydrogens (tertiary/aromatic N) is 2. The third kappa shape index (κ3) is 3.26. The van der Waals surface area contributed by atoms with E-state index in [0.717, 1.165) is 10.9 Å². The number of nitrogens with two attached hydrogens (primary N) is 1. The van der Waals surface area contributed by atoms with Gasteiger partial charge in [0.15, 0.2) is 0 Å². The molecule has 19 heavy (non-hydrogen) atoms. The highest BCUT2D eigenvalue weighted by molar-refractivity contribution is 7.80. The Morgan fingerprint density at radius 1 is 1.42 bits per heavy atom. The van der Waals surface area contributed by atoms with Crippen molar-refractivity contribution in [2.45, 2.75) is 6.42 Å². The topological polar surface area (TPSA) is 59.2 Å². The number of pyridine rings is 1. The van der Waals surface area contributed by atoms with Crippen molar-refractivity contribution < 1.29 is 4.79 Å². The summed E-state index contributed by atoms with van der Waals surface area (Å²) in [7, 11) is 1.74. The van der Waals surface area contributed by atoms with Crippen molar-refractivity contribution in [2.75, 3.05) is 13.6 Å². The van der Waals surface area contributed by atoms with Gasteiger partial charge in [-0.1, -0.05) is 18.3 Å². The molecule has 1 aromatic carbocycles. The summed E-state index contributed by atoms with van der Waals surface area (Å²) < 4.78 is 0. The van der Waals surface area contributed by atoms with Gasteiger partial charge in [0.1, 0.15) is 0 Å². The Morgan fingerprint density at radius 2 is 2.21 bits per heavy atom. The van der Waals surface area contributed by atoms with Gasteiger partial charge in [-0.15, -0.1) is 0 Å². The minimum absolute atomic E-state index is 0.0398. The summed E-state index contributed by atoms with van der Waals surface area (Å²) in [6.07, 6.45) is 2.27. The Labute approximate surface area is 117 Å². The van der Waals surface area contributed by atoms with Crippen molar-refractivity contribution in [3.05, 3.63) is 42.1 Å². The number of hydrogen-bond donors (Lipinski definition) is 1. The molecule has 1 heterocycles. The molecule has 0 atom stereocenters. The first-order valence-electron chi connectivity index (χ1n) is 5.96. The average Bonchev–Trinajstić information content (AvgIpc) is 2.43. The second-order valence-electron chi connectivity index (χ2n) is 4.35. The highest BCUT2D eigenvalue weighted by Crippen LogP contribution is 2.14. The largest absolute Gasteiger partial charge is 0.393 e. The summed E-state index contributed by atoms with van der Waals surface area (Å²) >= 11 is 4.81. The van der Waals surface area contributed by atoms with Crippen LogP contribution in [0.4, 0.5) is 0 Å². The van der Waals surface area contributed by atoms with Crippen LogP contribution in [0.3, 0.4) is 0 Å². The van der Waals surface area contributed by atoms with Crippen LogP contribution < -0.4 is 5.73 Å². The van der Waals surface area contributed by atoms with Crippen molar-refractivity contribution >= 4 is 34.0 Å². The van der Waals surface area contributed by atoms with Gasteiger partial charge < -0.3 is 10.6 Å². The van der Waals surface area contributed by atoms with Crippen LogP contribution in [0.15, 0.2) is 36.5 Å². The van der Waals surface area contributed by atoms with Crippen LogP contribution >= 0.6 is 12.2 Å². The second-order valence-corrected chi connectivity index (χ2v) is 4.88. The second kappa shape index (κ2) is 5.75. The minimum Gasteiger partial charge on any atom is -0.393 e. The van der Waals surface area contributed by atoms with Gasteiger partial charge in [-0.05, 0) is 24.3 Å². The van der Waals surface area contributed by atoms with Gasteiger partial charge in [0.2, 0.25) is 0 Å². The molecule has 2 N–H and O–H groups in total. The van der Waals surface area contributed by atoms with Gasteiger partial charge in [0.05, 0.1) is 10.5 Å². The molecule has 0 spiro atoms. The molecule has 0 aliphatic rings. The molecule has 0 saturated heterocycles. The lowest BCUT2D eigenvalue weighted by Gasteiger charge is -2.17. The summed E-state index contributed by atoms with van der Waals surface area (Å²) in [6.45, 7) is 0.527. The molecule has 0 radical (unpaired) electrons. The standard InChI is InChI=1S/C14H15N3OS/c1-17(8-6-13(15)19)14(18)11-4-5-12-10(9-11)3-2-7-16-12/h2-5,7,9H,6,8H2,1H3,(H2,15,19). The zero-order valence-electron chi connectivity index (χ0n) is 10.7. The highest BCUT2D eigenvalue weighted by atomic mass is 32.1. The van der Waals surface area contributed by atoms with Gasteiger partial charge in [0.25, 0.3) is 5.91 Å². The smallest absolute Gasteiger partial charge is 0.253 e. The number of carbonyl (C=O) groups excluding carboxylic acids is 1. The zero-order valence-corrected chi connectivity index (χ0v) is 11.5. The van der Waals surface area contributed by atoms with E-state index in [9.17, 15) is 4.79 Å². The third-order valence-corrected chi connectivity index (χ3v) is 3.09. The molecule has 5 heteroatoms. The summed E-state index contributed by atoms with van der Waals surface area (Å²) in [5.74, 6) is -0.0398. The van der Waals surface area contributed by atoms with E-state index >= 15 is 0 Å². The first kappa shape index (κ1) is 13.4. The number of amides is 1. The number of benzene rings is 1. The first-order valence-corrected chi connectivity index (χ1v) is 6.37. The van der Waals surface area contributed by atoms with Gasteiger partial charge in [-0.25, -0.2) is 0 Å². The normalized spacial score (nSPS) is 10.4. The van der Waals surface area contributed by atoms with E-state index in [1.54, 1.807) is 24.2 Å². The fraction of sp³-hybridized carbons (Fsp3) is 0.214. The van der Waals surface area contributed by atoms with Crippen LogP contribution in [-0.4, -0.2) is 34.4 Å². The van der Waals surface area contributed by atoms with Crippen LogP contribution in [0.25, 0.3) is 10.9 Å². The van der Waals surface area contributed by atoms with E-state index in [0.29, 0.717) is 23.5 Å². The van der Waals surface area contributed by atoms with Crippen molar-refractivity contribution in [1.29, 1.82) is 0 Å². The van der Waals surface area contributed by atoms with Crippen molar-refractivity contribution in [3.8, 4) is 0 Å². The molecule has 98 valence electrons. The van der Waals surface area contributed by atoms with E-state index in [1.807, 2.05) is 24.3 Å². The molecule has 4 nitrogen and oxygen atoms in total. The molecule has 0 unspecified atom stereocenters.